The topological polar surface area (TPSA) is 35.5 Å². The Labute approximate surface area is 135 Å². The molecule has 0 aromatic heterocycles. The van der Waals surface area contributed by atoms with Crippen LogP contribution in [0, 0.1) is 0 Å². The van der Waals surface area contributed by atoms with E-state index in [-0.39, 0.29) is 0 Å². The molecule has 2 bridgehead atoms. The van der Waals surface area contributed by atoms with Gasteiger partial charge in [-0.3, -0.25) is 4.21 Å². The Kier molecular flexibility index (Phi) is 5.19. The minimum Gasteiger partial charge on any atom is -0.490 e. The van der Waals surface area contributed by atoms with E-state index < -0.39 is 10.8 Å². The summed E-state index contributed by atoms with van der Waals surface area (Å²) in [4.78, 5) is 0. The van der Waals surface area contributed by atoms with E-state index in [0.29, 0.717) is 23.7 Å². The Hall–Kier alpha value is -1.29. The van der Waals surface area contributed by atoms with Gasteiger partial charge in [-0.05, 0) is 38.3 Å². The van der Waals surface area contributed by atoms with Gasteiger partial charge in [0.1, 0.15) is 0 Å². The van der Waals surface area contributed by atoms with Gasteiger partial charge in [-0.15, -0.1) is 0 Å². The van der Waals surface area contributed by atoms with Gasteiger partial charge in [0.05, 0.1) is 18.5 Å². The van der Waals surface area contributed by atoms with Crippen molar-refractivity contribution in [2.24, 2.45) is 0 Å². The van der Waals surface area contributed by atoms with Gasteiger partial charge in [0, 0.05) is 22.5 Å². The number of fused-ring (bicyclic) bond motifs is 2. The number of rotatable bonds is 6. The van der Waals surface area contributed by atoms with Crippen molar-refractivity contribution in [2.45, 2.75) is 49.5 Å². The summed E-state index contributed by atoms with van der Waals surface area (Å²) >= 11 is 0. The first kappa shape index (κ1) is 15.6. The van der Waals surface area contributed by atoms with E-state index in [1.807, 2.05) is 31.2 Å². The zero-order valence-corrected chi connectivity index (χ0v) is 13.9. The van der Waals surface area contributed by atoms with Crippen LogP contribution in [0.3, 0.4) is 0 Å². The molecule has 0 radical (unpaired) electrons. The van der Waals surface area contributed by atoms with E-state index in [9.17, 15) is 4.21 Å². The third kappa shape index (κ3) is 3.54. The van der Waals surface area contributed by atoms with Gasteiger partial charge >= 0.3 is 0 Å². The second-order valence-corrected chi connectivity index (χ2v) is 7.86. The Morgan fingerprint density at radius 1 is 1.18 bits per heavy atom. The molecule has 0 amide bonds. The van der Waals surface area contributed by atoms with Gasteiger partial charge < -0.3 is 9.47 Å². The molecule has 4 heteroatoms. The van der Waals surface area contributed by atoms with Gasteiger partial charge in [-0.1, -0.05) is 30.2 Å². The highest BCUT2D eigenvalue weighted by Gasteiger charge is 2.32. The second-order valence-electron chi connectivity index (χ2n) is 5.93. The summed E-state index contributed by atoms with van der Waals surface area (Å²) in [5.74, 6) is 1.62. The normalized spacial score (nSPS) is 27.1. The SMILES string of the molecule is CCOc1ccccc1OCCC1=CC2CCCC(C1)S2=O. The van der Waals surface area contributed by atoms with Gasteiger partial charge in [0.25, 0.3) is 0 Å². The van der Waals surface area contributed by atoms with Crippen LogP contribution in [-0.4, -0.2) is 27.9 Å². The van der Waals surface area contributed by atoms with Crippen molar-refractivity contribution in [2.75, 3.05) is 13.2 Å². The molecule has 1 aromatic carbocycles. The first-order chi connectivity index (χ1) is 10.8. The van der Waals surface area contributed by atoms with E-state index in [2.05, 4.69) is 6.08 Å². The predicted octanol–water partition coefficient (Wildman–Crippen LogP) is 3.85. The number of ether oxygens (including phenoxy) is 2. The highest BCUT2D eigenvalue weighted by Crippen LogP contribution is 2.34. The third-order valence-corrected chi connectivity index (χ3v) is 6.41. The monoisotopic (exact) mass is 320 g/mol. The molecule has 3 unspecified atom stereocenters. The van der Waals surface area contributed by atoms with Crippen LogP contribution < -0.4 is 9.47 Å². The standard InChI is InChI=1S/C18H24O3S/c1-2-20-17-8-3-4-9-18(17)21-11-10-14-12-15-6-5-7-16(13-14)22(15)19/h3-4,8-9,12,15-16H,2,5-7,10-11,13H2,1H3. The summed E-state index contributed by atoms with van der Waals surface area (Å²) in [6, 6.07) is 7.81. The van der Waals surface area contributed by atoms with Crippen LogP contribution in [0.1, 0.15) is 39.0 Å². The van der Waals surface area contributed by atoms with Crippen LogP contribution in [0.15, 0.2) is 35.9 Å². The fraction of sp³-hybridized carbons (Fsp3) is 0.556. The van der Waals surface area contributed by atoms with Crippen molar-refractivity contribution in [3.8, 4) is 11.5 Å². The lowest BCUT2D eigenvalue weighted by Gasteiger charge is -2.32. The summed E-state index contributed by atoms with van der Waals surface area (Å²) in [6.45, 7) is 3.27. The second kappa shape index (κ2) is 7.32. The lowest BCUT2D eigenvalue weighted by atomic mass is 9.96. The van der Waals surface area contributed by atoms with Crippen LogP contribution in [0.2, 0.25) is 0 Å². The Morgan fingerprint density at radius 3 is 2.68 bits per heavy atom. The van der Waals surface area contributed by atoms with Crippen molar-refractivity contribution >= 4 is 10.8 Å². The molecule has 0 spiro atoms. The van der Waals surface area contributed by atoms with Gasteiger partial charge in [-0.2, -0.15) is 0 Å². The summed E-state index contributed by atoms with van der Waals surface area (Å²) < 4.78 is 23.7. The quantitative estimate of drug-likeness (QED) is 0.747. The molecule has 1 saturated heterocycles. The van der Waals surface area contributed by atoms with Crippen molar-refractivity contribution < 1.29 is 13.7 Å². The average Bonchev–Trinajstić information content (AvgIpc) is 2.50. The van der Waals surface area contributed by atoms with Crippen molar-refractivity contribution in [1.29, 1.82) is 0 Å². The lowest BCUT2D eigenvalue weighted by molar-refractivity contribution is 0.278. The summed E-state index contributed by atoms with van der Waals surface area (Å²) in [6.07, 6.45) is 7.59. The lowest BCUT2D eigenvalue weighted by Crippen LogP contribution is -2.34. The predicted molar refractivity (Wildman–Crippen MR) is 90.0 cm³/mol. The highest BCUT2D eigenvalue weighted by molar-refractivity contribution is 7.86. The zero-order valence-electron chi connectivity index (χ0n) is 13.1. The summed E-state index contributed by atoms with van der Waals surface area (Å²) in [7, 11) is -0.642. The Balaban J connectivity index is 1.56. The van der Waals surface area contributed by atoms with Crippen LogP contribution in [0.5, 0.6) is 11.5 Å². The van der Waals surface area contributed by atoms with Crippen LogP contribution in [-0.2, 0) is 10.8 Å². The maximum absolute atomic E-state index is 12.2. The molecule has 1 fully saturated rings. The fourth-order valence-electron chi connectivity index (χ4n) is 3.31. The molecule has 0 aliphatic carbocycles. The van der Waals surface area contributed by atoms with Crippen molar-refractivity contribution in [3.63, 3.8) is 0 Å². The maximum atomic E-state index is 12.2. The Bertz CT molecular complexity index is 567. The largest absolute Gasteiger partial charge is 0.490 e. The van der Waals surface area contributed by atoms with Crippen LogP contribution in [0.4, 0.5) is 0 Å². The average molecular weight is 320 g/mol. The van der Waals surface area contributed by atoms with Gasteiger partial charge in [0.2, 0.25) is 0 Å². The highest BCUT2D eigenvalue weighted by atomic mass is 32.2. The minimum absolute atomic E-state index is 0.290. The first-order valence-corrected chi connectivity index (χ1v) is 9.49. The molecule has 120 valence electrons. The van der Waals surface area contributed by atoms with E-state index in [1.54, 1.807) is 0 Å². The Morgan fingerprint density at radius 2 is 1.95 bits per heavy atom. The maximum Gasteiger partial charge on any atom is 0.161 e. The minimum atomic E-state index is -0.642. The van der Waals surface area contributed by atoms with Crippen molar-refractivity contribution in [1.82, 2.24) is 0 Å². The van der Waals surface area contributed by atoms with E-state index in [0.717, 1.165) is 37.2 Å². The molecule has 3 rings (SSSR count). The molecular weight excluding hydrogens is 296 g/mol. The van der Waals surface area contributed by atoms with E-state index in [4.69, 9.17) is 9.47 Å². The number of hydrogen-bond donors (Lipinski definition) is 0. The first-order valence-electron chi connectivity index (χ1n) is 8.21. The van der Waals surface area contributed by atoms with Crippen molar-refractivity contribution in [3.05, 3.63) is 35.9 Å². The van der Waals surface area contributed by atoms with Crippen LogP contribution in [0.25, 0.3) is 0 Å². The molecular formula is C18H24O3S. The molecule has 0 N–H and O–H groups in total. The smallest absolute Gasteiger partial charge is 0.161 e. The van der Waals surface area contributed by atoms with Gasteiger partial charge in [0.15, 0.2) is 11.5 Å². The number of hydrogen-bond acceptors (Lipinski definition) is 3. The zero-order chi connectivity index (χ0) is 15.4. The molecule has 3 nitrogen and oxygen atoms in total. The molecule has 22 heavy (non-hydrogen) atoms. The van der Waals surface area contributed by atoms with Crippen LogP contribution >= 0.6 is 0 Å². The molecule has 2 aliphatic heterocycles. The fourth-order valence-corrected chi connectivity index (χ4v) is 5.30. The molecule has 2 aliphatic rings. The summed E-state index contributed by atoms with van der Waals surface area (Å²) in [5, 5.41) is 0.674. The number of para-hydroxylation sites is 2. The summed E-state index contributed by atoms with van der Waals surface area (Å²) in [5.41, 5.74) is 1.42. The molecule has 2 heterocycles. The van der Waals surface area contributed by atoms with E-state index >= 15 is 0 Å². The van der Waals surface area contributed by atoms with Gasteiger partial charge in [-0.25, -0.2) is 0 Å². The van der Waals surface area contributed by atoms with E-state index in [1.165, 1.54) is 12.0 Å². The molecule has 1 aromatic rings. The number of benzene rings is 1. The molecule has 3 atom stereocenters. The molecule has 0 saturated carbocycles. The third-order valence-electron chi connectivity index (χ3n) is 4.38.